The lowest BCUT2D eigenvalue weighted by atomic mass is 10.1. The molecule has 1 aliphatic rings. The van der Waals surface area contributed by atoms with Gasteiger partial charge in [0.15, 0.2) is 0 Å². The molecule has 4 heteroatoms. The van der Waals surface area contributed by atoms with E-state index >= 15 is 0 Å². The highest BCUT2D eigenvalue weighted by Gasteiger charge is 2.18. The van der Waals surface area contributed by atoms with Gasteiger partial charge in [-0.2, -0.15) is 0 Å². The summed E-state index contributed by atoms with van der Waals surface area (Å²) in [6.07, 6.45) is 0. The third kappa shape index (κ3) is 2.27. The largest absolute Gasteiger partial charge is 0.463 e. The first-order chi connectivity index (χ1) is 7.29. The molecule has 0 saturated heterocycles. The van der Waals surface area contributed by atoms with Crippen molar-refractivity contribution in [1.29, 1.82) is 0 Å². The number of hydrogen-bond acceptors (Lipinski definition) is 4. The van der Waals surface area contributed by atoms with Crippen LogP contribution >= 0.6 is 0 Å². The predicted octanol–water partition coefficient (Wildman–Crippen LogP) is 1.22. The second kappa shape index (κ2) is 4.31. The van der Waals surface area contributed by atoms with Gasteiger partial charge in [0, 0.05) is 7.11 Å². The highest BCUT2D eigenvalue weighted by Crippen LogP contribution is 2.22. The summed E-state index contributed by atoms with van der Waals surface area (Å²) in [5.41, 5.74) is 7.72. The molecule has 1 atom stereocenters. The van der Waals surface area contributed by atoms with E-state index in [4.69, 9.17) is 15.2 Å². The van der Waals surface area contributed by atoms with Crippen molar-refractivity contribution in [3.63, 3.8) is 0 Å². The number of amidine groups is 1. The Bertz CT molecular complexity index is 359. The van der Waals surface area contributed by atoms with E-state index in [0.717, 1.165) is 11.1 Å². The molecule has 0 saturated carbocycles. The molecule has 1 aliphatic heterocycles. The van der Waals surface area contributed by atoms with E-state index in [0.29, 0.717) is 13.2 Å². The van der Waals surface area contributed by atoms with Gasteiger partial charge in [0.1, 0.15) is 12.6 Å². The molecule has 0 aliphatic carbocycles. The smallest absolute Gasteiger partial charge is 0.282 e. The van der Waals surface area contributed by atoms with Crippen LogP contribution in [-0.2, 0) is 16.1 Å². The lowest BCUT2D eigenvalue weighted by Crippen LogP contribution is -2.10. The zero-order chi connectivity index (χ0) is 10.7. The molecule has 0 bridgehead atoms. The Kier molecular flexibility index (Phi) is 2.87. The van der Waals surface area contributed by atoms with Gasteiger partial charge in [0.2, 0.25) is 0 Å². The van der Waals surface area contributed by atoms with E-state index in [1.807, 2.05) is 24.3 Å². The summed E-state index contributed by atoms with van der Waals surface area (Å²) in [4.78, 5) is 4.18. The number of nitrogens with two attached hydrogens (primary N) is 1. The molecule has 1 unspecified atom stereocenters. The van der Waals surface area contributed by atoms with Crippen LogP contribution in [0.15, 0.2) is 29.3 Å². The number of nitrogens with zero attached hydrogens (tertiary/aromatic N) is 1. The summed E-state index contributed by atoms with van der Waals surface area (Å²) < 4.78 is 10.1. The number of rotatable bonds is 3. The second-order valence-electron chi connectivity index (χ2n) is 3.47. The van der Waals surface area contributed by atoms with Crippen molar-refractivity contribution in [3.8, 4) is 0 Å². The molecule has 15 heavy (non-hydrogen) atoms. The Balaban J connectivity index is 2.10. The van der Waals surface area contributed by atoms with Gasteiger partial charge < -0.3 is 15.2 Å². The fourth-order valence-corrected chi connectivity index (χ4v) is 1.57. The second-order valence-corrected chi connectivity index (χ2v) is 3.47. The Morgan fingerprint density at radius 3 is 2.73 bits per heavy atom. The molecule has 4 nitrogen and oxygen atoms in total. The first-order valence-electron chi connectivity index (χ1n) is 4.83. The lowest BCUT2D eigenvalue weighted by molar-refractivity contribution is 0.185. The monoisotopic (exact) mass is 206 g/mol. The summed E-state index contributed by atoms with van der Waals surface area (Å²) in [6.45, 7) is 1.17. The first kappa shape index (κ1) is 9.98. The summed E-state index contributed by atoms with van der Waals surface area (Å²) >= 11 is 0. The fourth-order valence-electron chi connectivity index (χ4n) is 1.57. The molecule has 0 fully saturated rings. The van der Waals surface area contributed by atoms with Crippen LogP contribution in [0.2, 0.25) is 0 Å². The van der Waals surface area contributed by atoms with Crippen molar-refractivity contribution in [2.75, 3.05) is 13.7 Å². The van der Waals surface area contributed by atoms with Crippen LogP contribution in [0.3, 0.4) is 0 Å². The van der Waals surface area contributed by atoms with Crippen molar-refractivity contribution < 1.29 is 9.47 Å². The van der Waals surface area contributed by atoms with Gasteiger partial charge in [-0.3, -0.25) is 0 Å². The third-order valence-corrected chi connectivity index (χ3v) is 2.35. The maximum atomic E-state index is 5.45. The van der Waals surface area contributed by atoms with Gasteiger partial charge in [-0.1, -0.05) is 24.3 Å². The summed E-state index contributed by atoms with van der Waals surface area (Å²) in [6, 6.07) is 8.45. The zero-order valence-electron chi connectivity index (χ0n) is 8.64. The standard InChI is InChI=1S/C11H14N2O2/c1-14-6-8-2-4-9(5-3-8)10-7-15-11(12)13-10/h2-5,10H,6-7H2,1H3,(H2,12,13). The molecule has 80 valence electrons. The Morgan fingerprint density at radius 2 is 2.20 bits per heavy atom. The Hall–Kier alpha value is -1.55. The minimum Gasteiger partial charge on any atom is -0.463 e. The van der Waals surface area contributed by atoms with Crippen molar-refractivity contribution in [1.82, 2.24) is 0 Å². The van der Waals surface area contributed by atoms with Crippen molar-refractivity contribution in [2.45, 2.75) is 12.6 Å². The molecular formula is C11H14N2O2. The van der Waals surface area contributed by atoms with E-state index in [-0.39, 0.29) is 12.1 Å². The zero-order valence-corrected chi connectivity index (χ0v) is 8.64. The quantitative estimate of drug-likeness (QED) is 0.809. The number of aliphatic imine (C=N–C) groups is 1. The van der Waals surface area contributed by atoms with Gasteiger partial charge in [-0.15, -0.1) is 0 Å². The maximum absolute atomic E-state index is 5.45. The number of benzene rings is 1. The Labute approximate surface area is 88.7 Å². The molecule has 2 N–H and O–H groups in total. The lowest BCUT2D eigenvalue weighted by Gasteiger charge is -2.06. The minimum absolute atomic E-state index is 0.0431. The van der Waals surface area contributed by atoms with E-state index in [1.54, 1.807) is 7.11 Å². The van der Waals surface area contributed by atoms with Crippen molar-refractivity contribution >= 4 is 6.02 Å². The molecule has 1 heterocycles. The van der Waals surface area contributed by atoms with Gasteiger partial charge in [-0.25, -0.2) is 4.99 Å². The Morgan fingerprint density at radius 1 is 1.47 bits per heavy atom. The number of ether oxygens (including phenoxy) is 2. The van der Waals surface area contributed by atoms with E-state index in [9.17, 15) is 0 Å². The minimum atomic E-state index is 0.0431. The summed E-state index contributed by atoms with van der Waals surface area (Å²) in [5, 5.41) is 0. The number of methoxy groups -OCH3 is 1. The van der Waals surface area contributed by atoms with Crippen LogP contribution in [0.5, 0.6) is 0 Å². The highest BCUT2D eigenvalue weighted by atomic mass is 16.5. The maximum Gasteiger partial charge on any atom is 0.282 e. The molecule has 1 aromatic carbocycles. The average molecular weight is 206 g/mol. The average Bonchev–Trinajstić information content (AvgIpc) is 2.67. The van der Waals surface area contributed by atoms with E-state index in [2.05, 4.69) is 4.99 Å². The molecular weight excluding hydrogens is 192 g/mol. The highest BCUT2D eigenvalue weighted by molar-refractivity contribution is 5.73. The third-order valence-electron chi connectivity index (χ3n) is 2.35. The van der Waals surface area contributed by atoms with E-state index < -0.39 is 0 Å². The van der Waals surface area contributed by atoms with Crippen LogP contribution in [0, 0.1) is 0 Å². The first-order valence-corrected chi connectivity index (χ1v) is 4.83. The van der Waals surface area contributed by atoms with Gasteiger partial charge in [-0.05, 0) is 11.1 Å². The molecule has 1 aromatic rings. The molecule has 2 rings (SSSR count). The van der Waals surface area contributed by atoms with Gasteiger partial charge in [0.05, 0.1) is 6.61 Å². The van der Waals surface area contributed by atoms with E-state index in [1.165, 1.54) is 0 Å². The number of hydrogen-bond donors (Lipinski definition) is 1. The molecule has 0 spiro atoms. The van der Waals surface area contributed by atoms with Gasteiger partial charge >= 0.3 is 0 Å². The SMILES string of the molecule is COCc1ccc(C2COC(N)=N2)cc1. The van der Waals surface area contributed by atoms with Crippen LogP contribution in [0.25, 0.3) is 0 Å². The summed E-state index contributed by atoms with van der Waals surface area (Å²) in [7, 11) is 1.68. The predicted molar refractivity (Wildman–Crippen MR) is 57.5 cm³/mol. The fraction of sp³-hybridized carbons (Fsp3) is 0.364. The van der Waals surface area contributed by atoms with Crippen LogP contribution < -0.4 is 5.73 Å². The van der Waals surface area contributed by atoms with Crippen LogP contribution in [0.4, 0.5) is 0 Å². The van der Waals surface area contributed by atoms with Crippen molar-refractivity contribution in [3.05, 3.63) is 35.4 Å². The summed E-state index contributed by atoms with van der Waals surface area (Å²) in [5.74, 6) is 0. The molecule has 0 radical (unpaired) electrons. The van der Waals surface area contributed by atoms with Crippen LogP contribution in [0.1, 0.15) is 17.2 Å². The topological polar surface area (TPSA) is 56.8 Å². The van der Waals surface area contributed by atoms with Crippen molar-refractivity contribution in [2.24, 2.45) is 10.7 Å². The molecule has 0 amide bonds. The van der Waals surface area contributed by atoms with Crippen LogP contribution in [-0.4, -0.2) is 19.7 Å². The molecule has 0 aromatic heterocycles. The van der Waals surface area contributed by atoms with Gasteiger partial charge in [0.25, 0.3) is 6.02 Å². The normalized spacial score (nSPS) is 19.8.